The van der Waals surface area contributed by atoms with Gasteiger partial charge in [0.2, 0.25) is 5.91 Å². The number of aromatic nitrogens is 2. The van der Waals surface area contributed by atoms with Gasteiger partial charge < -0.3 is 10.1 Å². The number of nitrogens with zero attached hydrogens (tertiary/aromatic N) is 2. The highest BCUT2D eigenvalue weighted by atomic mass is 32.2. The first-order valence-electron chi connectivity index (χ1n) is 10.1. The van der Waals surface area contributed by atoms with E-state index in [1.807, 2.05) is 44.2 Å². The van der Waals surface area contributed by atoms with E-state index in [1.165, 1.54) is 11.8 Å². The molecule has 6 nitrogen and oxygen atoms in total. The molecule has 0 aliphatic heterocycles. The second-order valence-electron chi connectivity index (χ2n) is 6.97. The summed E-state index contributed by atoms with van der Waals surface area (Å²) in [6.45, 7) is 4.98. The zero-order valence-corrected chi connectivity index (χ0v) is 18.6. The molecule has 0 bridgehead atoms. The van der Waals surface area contributed by atoms with E-state index in [0.717, 1.165) is 24.8 Å². The molecule has 2 rings (SSSR count). The van der Waals surface area contributed by atoms with Crippen LogP contribution in [0.5, 0.6) is 0 Å². The van der Waals surface area contributed by atoms with Gasteiger partial charge in [0.25, 0.3) is 5.56 Å². The molecule has 7 heteroatoms. The van der Waals surface area contributed by atoms with E-state index in [9.17, 15) is 9.59 Å². The molecular weight excluding hydrogens is 386 g/mol. The summed E-state index contributed by atoms with van der Waals surface area (Å²) in [6, 6.07) is 9.85. The molecule has 0 spiro atoms. The molecule has 1 atom stereocenters. The Labute approximate surface area is 177 Å². The van der Waals surface area contributed by atoms with Crippen molar-refractivity contribution < 1.29 is 9.53 Å². The fourth-order valence-electron chi connectivity index (χ4n) is 3.00. The van der Waals surface area contributed by atoms with Crippen molar-refractivity contribution in [2.45, 2.75) is 56.5 Å². The molecule has 0 saturated heterocycles. The smallest absolute Gasteiger partial charge is 0.257 e. The number of carbonyl (C=O) groups excluding carboxylic acids is 1. The second kappa shape index (κ2) is 11.8. The Morgan fingerprint density at radius 1 is 1.24 bits per heavy atom. The van der Waals surface area contributed by atoms with Crippen molar-refractivity contribution >= 4 is 17.7 Å². The van der Waals surface area contributed by atoms with Gasteiger partial charge in [-0.05, 0) is 18.4 Å². The van der Waals surface area contributed by atoms with Gasteiger partial charge in [0.1, 0.15) is 0 Å². The fraction of sp³-hybridized carbons (Fsp3) is 0.500. The lowest BCUT2D eigenvalue weighted by molar-refractivity contribution is -0.120. The molecule has 1 heterocycles. The molecule has 29 heavy (non-hydrogen) atoms. The quantitative estimate of drug-likeness (QED) is 0.449. The maximum absolute atomic E-state index is 13.1. The van der Waals surface area contributed by atoms with Crippen LogP contribution >= 0.6 is 11.8 Å². The van der Waals surface area contributed by atoms with Gasteiger partial charge in [-0.2, -0.15) is 0 Å². The van der Waals surface area contributed by atoms with Crippen molar-refractivity contribution in [2.75, 3.05) is 13.7 Å². The topological polar surface area (TPSA) is 73.2 Å². The van der Waals surface area contributed by atoms with E-state index in [0.29, 0.717) is 29.4 Å². The maximum Gasteiger partial charge on any atom is 0.257 e. The molecule has 0 radical (unpaired) electrons. The number of carbonyl (C=O) groups is 1. The van der Waals surface area contributed by atoms with Crippen molar-refractivity contribution in [3.63, 3.8) is 0 Å². The number of hydrogen-bond donors (Lipinski definition) is 1. The van der Waals surface area contributed by atoms with Crippen molar-refractivity contribution in [3.8, 4) is 0 Å². The second-order valence-corrected chi connectivity index (χ2v) is 8.14. The van der Waals surface area contributed by atoms with Crippen LogP contribution in [0.15, 0.2) is 40.3 Å². The summed E-state index contributed by atoms with van der Waals surface area (Å²) in [4.78, 5) is 30.4. The zero-order chi connectivity index (χ0) is 21.2. The van der Waals surface area contributed by atoms with Crippen molar-refractivity contribution in [3.05, 3.63) is 57.5 Å². The normalized spacial score (nSPS) is 12.0. The molecule has 0 aliphatic carbocycles. The molecular formula is C22H31N3O3S. The molecule has 0 fully saturated rings. The Kier molecular flexibility index (Phi) is 9.41. The van der Waals surface area contributed by atoms with Gasteiger partial charge in [-0.25, -0.2) is 4.98 Å². The Hall–Kier alpha value is -2.12. The summed E-state index contributed by atoms with van der Waals surface area (Å²) in [6.07, 6.45) is 2.99. The third kappa shape index (κ3) is 6.44. The lowest BCUT2D eigenvalue weighted by Gasteiger charge is -2.18. The average Bonchev–Trinajstić information content (AvgIpc) is 2.73. The Balaban J connectivity index is 2.37. The molecule has 1 unspecified atom stereocenters. The molecule has 1 aromatic carbocycles. The minimum atomic E-state index is -0.278. The van der Waals surface area contributed by atoms with E-state index in [2.05, 4.69) is 5.32 Å². The van der Waals surface area contributed by atoms with Gasteiger partial charge >= 0.3 is 0 Å². The first kappa shape index (κ1) is 23.2. The van der Waals surface area contributed by atoms with Crippen LogP contribution in [0.2, 0.25) is 0 Å². The molecule has 1 amide bonds. The number of nitrogens with one attached hydrogen (secondary N) is 1. The van der Waals surface area contributed by atoms with Gasteiger partial charge in [-0.3, -0.25) is 14.2 Å². The summed E-state index contributed by atoms with van der Waals surface area (Å²) < 4.78 is 6.86. The van der Waals surface area contributed by atoms with E-state index in [-0.39, 0.29) is 23.3 Å². The first-order chi connectivity index (χ1) is 14.0. The number of amides is 1. The summed E-state index contributed by atoms with van der Waals surface area (Å²) in [5.41, 5.74) is 2.22. The molecule has 0 saturated carbocycles. The third-order valence-corrected chi connectivity index (χ3v) is 5.88. The highest BCUT2D eigenvalue weighted by Crippen LogP contribution is 2.25. The third-order valence-electron chi connectivity index (χ3n) is 4.57. The monoisotopic (exact) mass is 417 g/mol. The first-order valence-corrected chi connectivity index (χ1v) is 11.0. The highest BCUT2D eigenvalue weighted by Gasteiger charge is 2.23. The van der Waals surface area contributed by atoms with Gasteiger partial charge in [-0.15, -0.1) is 0 Å². The molecule has 1 aromatic heterocycles. The standard InChI is InChI=1S/C22H31N3O3S/c1-5-10-19(20(26)23-13-6-2)29-22-24-18(15-28-4)17(21(27)25(22)3)14-16-11-8-7-9-12-16/h7-9,11-12,19H,5-6,10,13-15H2,1-4H3,(H,23,26). The van der Waals surface area contributed by atoms with Crippen molar-refractivity contribution in [1.29, 1.82) is 0 Å². The minimum absolute atomic E-state index is 0.00500. The minimum Gasteiger partial charge on any atom is -0.378 e. The van der Waals surface area contributed by atoms with E-state index in [4.69, 9.17) is 9.72 Å². The number of methoxy groups -OCH3 is 1. The fourth-order valence-corrected chi connectivity index (χ4v) is 4.21. The molecule has 0 aliphatic rings. The summed E-state index contributed by atoms with van der Waals surface area (Å²) in [5.74, 6) is -0.00500. The van der Waals surface area contributed by atoms with Gasteiger partial charge in [-0.1, -0.05) is 62.4 Å². The molecule has 2 aromatic rings. The van der Waals surface area contributed by atoms with Crippen LogP contribution in [0, 0.1) is 0 Å². The summed E-state index contributed by atoms with van der Waals surface area (Å²) in [7, 11) is 3.31. The van der Waals surface area contributed by atoms with E-state index in [1.54, 1.807) is 18.7 Å². The van der Waals surface area contributed by atoms with Crippen molar-refractivity contribution in [2.24, 2.45) is 7.05 Å². The Morgan fingerprint density at radius 3 is 2.59 bits per heavy atom. The zero-order valence-electron chi connectivity index (χ0n) is 17.7. The van der Waals surface area contributed by atoms with E-state index >= 15 is 0 Å². The highest BCUT2D eigenvalue weighted by molar-refractivity contribution is 8.00. The number of ether oxygens (including phenoxy) is 1. The Morgan fingerprint density at radius 2 is 1.97 bits per heavy atom. The lowest BCUT2D eigenvalue weighted by Crippen LogP contribution is -2.34. The van der Waals surface area contributed by atoms with Crippen LogP contribution in [0.25, 0.3) is 0 Å². The SMILES string of the molecule is CCCNC(=O)C(CCC)Sc1nc(COC)c(Cc2ccccc2)c(=O)n1C. The summed E-state index contributed by atoms with van der Waals surface area (Å²) >= 11 is 1.35. The Bertz CT molecular complexity index is 852. The maximum atomic E-state index is 13.1. The van der Waals surface area contributed by atoms with Crippen molar-refractivity contribution in [1.82, 2.24) is 14.9 Å². The van der Waals surface area contributed by atoms with Crippen LogP contribution in [0.1, 0.15) is 49.9 Å². The lowest BCUT2D eigenvalue weighted by atomic mass is 10.0. The van der Waals surface area contributed by atoms with Gasteiger partial charge in [0.15, 0.2) is 5.16 Å². The van der Waals surface area contributed by atoms with Crippen LogP contribution in [-0.2, 0) is 29.6 Å². The number of hydrogen-bond acceptors (Lipinski definition) is 5. The number of benzene rings is 1. The predicted molar refractivity (Wildman–Crippen MR) is 117 cm³/mol. The van der Waals surface area contributed by atoms with E-state index < -0.39 is 0 Å². The van der Waals surface area contributed by atoms with Crippen LogP contribution < -0.4 is 10.9 Å². The van der Waals surface area contributed by atoms with Crippen LogP contribution in [0.3, 0.4) is 0 Å². The molecule has 1 N–H and O–H groups in total. The number of thioether (sulfide) groups is 1. The predicted octanol–water partition coefficient (Wildman–Crippen LogP) is 3.30. The van der Waals surface area contributed by atoms with Crippen LogP contribution in [-0.4, -0.2) is 34.4 Å². The summed E-state index contributed by atoms with van der Waals surface area (Å²) in [5, 5.41) is 3.22. The van der Waals surface area contributed by atoms with Gasteiger partial charge in [0, 0.05) is 32.7 Å². The average molecular weight is 418 g/mol. The number of rotatable bonds is 11. The molecule has 158 valence electrons. The van der Waals surface area contributed by atoms with Gasteiger partial charge in [0.05, 0.1) is 17.6 Å². The largest absolute Gasteiger partial charge is 0.378 e. The van der Waals surface area contributed by atoms with Crippen LogP contribution in [0.4, 0.5) is 0 Å².